The van der Waals surface area contributed by atoms with Crippen LogP contribution < -0.4 is 5.73 Å². The Morgan fingerprint density at radius 2 is 1.80 bits per heavy atom. The third kappa shape index (κ3) is 2.18. The summed E-state index contributed by atoms with van der Waals surface area (Å²) in [4.78, 5) is 0. The lowest BCUT2D eigenvalue weighted by molar-refractivity contribution is 1.08. The summed E-state index contributed by atoms with van der Waals surface area (Å²) in [6, 6.07) is 7.67. The molecule has 2 N–H and O–H groups in total. The largest absolute Gasteiger partial charge is 0.326 e. The molecule has 1 aromatic carbocycles. The fraction of sp³-hybridized carbons (Fsp3) is 0.0909. The zero-order valence-corrected chi connectivity index (χ0v) is 10.2. The molecule has 0 unspecified atom stereocenters. The number of nitrogens with two attached hydrogens (primary N) is 1. The van der Waals surface area contributed by atoms with Crippen molar-refractivity contribution in [2.45, 2.75) is 6.54 Å². The summed E-state index contributed by atoms with van der Waals surface area (Å²) in [5.74, 6) is 0. The van der Waals surface area contributed by atoms with Crippen LogP contribution in [-0.4, -0.2) is 0 Å². The predicted octanol–water partition coefficient (Wildman–Crippen LogP) is 4.18. The van der Waals surface area contributed by atoms with Gasteiger partial charge in [-0.1, -0.05) is 35.3 Å². The first-order valence-electron chi connectivity index (χ1n) is 4.44. The van der Waals surface area contributed by atoms with Gasteiger partial charge in [-0.15, -0.1) is 11.3 Å². The van der Waals surface area contributed by atoms with Gasteiger partial charge >= 0.3 is 0 Å². The van der Waals surface area contributed by atoms with Gasteiger partial charge in [-0.3, -0.25) is 0 Å². The van der Waals surface area contributed by atoms with Gasteiger partial charge in [0.15, 0.2) is 0 Å². The van der Waals surface area contributed by atoms with E-state index in [1.54, 1.807) is 0 Å². The van der Waals surface area contributed by atoms with Crippen LogP contribution in [0.25, 0.3) is 11.1 Å². The van der Waals surface area contributed by atoms with Gasteiger partial charge in [0.25, 0.3) is 0 Å². The van der Waals surface area contributed by atoms with Gasteiger partial charge in [0.2, 0.25) is 0 Å². The van der Waals surface area contributed by atoms with E-state index in [-0.39, 0.29) is 0 Å². The third-order valence-electron chi connectivity index (χ3n) is 2.20. The second-order valence-corrected chi connectivity index (χ2v) is 5.03. The summed E-state index contributed by atoms with van der Waals surface area (Å²) < 4.78 is 0.766. The molecule has 2 aromatic rings. The third-order valence-corrected chi connectivity index (χ3v) is 3.76. The van der Waals surface area contributed by atoms with Crippen molar-refractivity contribution in [1.29, 1.82) is 0 Å². The number of benzene rings is 1. The van der Waals surface area contributed by atoms with Crippen LogP contribution in [0.3, 0.4) is 0 Å². The lowest BCUT2D eigenvalue weighted by Crippen LogP contribution is -1.96. The van der Waals surface area contributed by atoms with E-state index in [0.717, 1.165) is 26.0 Å². The Kier molecular flexibility index (Phi) is 3.32. The van der Waals surface area contributed by atoms with Crippen molar-refractivity contribution in [2.75, 3.05) is 0 Å². The minimum atomic E-state index is 0.459. The normalized spacial score (nSPS) is 10.6. The minimum Gasteiger partial charge on any atom is -0.326 e. The summed E-state index contributed by atoms with van der Waals surface area (Å²) in [7, 11) is 0. The molecule has 0 saturated carbocycles. The van der Waals surface area contributed by atoms with E-state index >= 15 is 0 Å². The molecular weight excluding hydrogens is 249 g/mol. The molecule has 0 bridgehead atoms. The van der Waals surface area contributed by atoms with E-state index in [9.17, 15) is 0 Å². The SMILES string of the molecule is NCc1c(-c2ccc(Cl)cc2)csc1Cl. The molecule has 0 saturated heterocycles. The van der Waals surface area contributed by atoms with Crippen LogP contribution in [0.2, 0.25) is 9.36 Å². The van der Waals surface area contributed by atoms with Crippen LogP contribution in [0.5, 0.6) is 0 Å². The smallest absolute Gasteiger partial charge is 0.0979 e. The molecule has 0 spiro atoms. The van der Waals surface area contributed by atoms with Crippen molar-refractivity contribution in [2.24, 2.45) is 5.73 Å². The van der Waals surface area contributed by atoms with Gasteiger partial charge < -0.3 is 5.73 Å². The molecule has 0 fully saturated rings. The molecule has 0 radical (unpaired) electrons. The maximum atomic E-state index is 6.04. The zero-order chi connectivity index (χ0) is 10.8. The molecule has 0 atom stereocenters. The van der Waals surface area contributed by atoms with Gasteiger partial charge in [0.05, 0.1) is 4.34 Å². The number of rotatable bonds is 2. The monoisotopic (exact) mass is 257 g/mol. The molecule has 78 valence electrons. The van der Waals surface area contributed by atoms with E-state index < -0.39 is 0 Å². The molecule has 1 nitrogen and oxygen atoms in total. The summed E-state index contributed by atoms with van der Waals surface area (Å²) in [5.41, 5.74) is 8.86. The van der Waals surface area contributed by atoms with Crippen molar-refractivity contribution in [1.82, 2.24) is 0 Å². The number of hydrogen-bond acceptors (Lipinski definition) is 2. The highest BCUT2D eigenvalue weighted by Crippen LogP contribution is 2.34. The summed E-state index contributed by atoms with van der Waals surface area (Å²) in [6.45, 7) is 0.459. The lowest BCUT2D eigenvalue weighted by Gasteiger charge is -2.02. The van der Waals surface area contributed by atoms with Gasteiger partial charge in [0, 0.05) is 22.5 Å². The molecule has 1 heterocycles. The molecule has 15 heavy (non-hydrogen) atoms. The fourth-order valence-corrected chi connectivity index (χ4v) is 2.69. The van der Waals surface area contributed by atoms with Gasteiger partial charge in [0.1, 0.15) is 0 Å². The first-order valence-corrected chi connectivity index (χ1v) is 6.08. The second kappa shape index (κ2) is 4.54. The Hall–Kier alpha value is -0.540. The minimum absolute atomic E-state index is 0.459. The maximum Gasteiger partial charge on any atom is 0.0979 e. The van der Waals surface area contributed by atoms with Crippen molar-refractivity contribution in [3.05, 3.63) is 44.6 Å². The first kappa shape index (κ1) is 11.0. The van der Waals surface area contributed by atoms with E-state index in [1.807, 2.05) is 29.6 Å². The highest BCUT2D eigenvalue weighted by atomic mass is 35.5. The molecule has 0 aliphatic rings. The quantitative estimate of drug-likeness (QED) is 0.859. The van der Waals surface area contributed by atoms with Crippen molar-refractivity contribution in [3.63, 3.8) is 0 Å². The molecule has 0 aliphatic carbocycles. The van der Waals surface area contributed by atoms with Gasteiger partial charge in [-0.05, 0) is 23.3 Å². The number of thiophene rings is 1. The van der Waals surface area contributed by atoms with E-state index in [4.69, 9.17) is 28.9 Å². The Morgan fingerprint density at radius 3 is 2.40 bits per heavy atom. The van der Waals surface area contributed by atoms with E-state index in [2.05, 4.69) is 0 Å². The molecule has 0 aliphatic heterocycles. The van der Waals surface area contributed by atoms with E-state index in [0.29, 0.717) is 6.54 Å². The standard InChI is InChI=1S/C11H9Cl2NS/c12-8-3-1-7(2-4-8)10-6-15-11(13)9(10)5-14/h1-4,6H,5,14H2. The fourth-order valence-electron chi connectivity index (χ4n) is 1.42. The Bertz CT molecular complexity index is 462. The Balaban J connectivity index is 2.49. The predicted molar refractivity (Wildman–Crippen MR) is 67.7 cm³/mol. The number of hydrogen-bond donors (Lipinski definition) is 1. The Morgan fingerprint density at radius 1 is 1.13 bits per heavy atom. The van der Waals surface area contributed by atoms with Crippen molar-refractivity contribution < 1.29 is 0 Å². The van der Waals surface area contributed by atoms with Crippen LogP contribution in [-0.2, 0) is 6.54 Å². The molecule has 4 heteroatoms. The number of halogens is 2. The summed E-state index contributed by atoms with van der Waals surface area (Å²) in [5, 5.41) is 2.75. The molecule has 0 amide bonds. The van der Waals surface area contributed by atoms with Crippen LogP contribution in [0.1, 0.15) is 5.56 Å². The summed E-state index contributed by atoms with van der Waals surface area (Å²) in [6.07, 6.45) is 0. The average molecular weight is 258 g/mol. The van der Waals surface area contributed by atoms with Crippen LogP contribution in [0.4, 0.5) is 0 Å². The highest BCUT2D eigenvalue weighted by Gasteiger charge is 2.09. The topological polar surface area (TPSA) is 26.0 Å². The summed E-state index contributed by atoms with van der Waals surface area (Å²) >= 11 is 13.4. The van der Waals surface area contributed by atoms with Crippen LogP contribution >= 0.6 is 34.5 Å². The van der Waals surface area contributed by atoms with Crippen LogP contribution in [0.15, 0.2) is 29.6 Å². The molecule has 2 rings (SSSR count). The molecular formula is C11H9Cl2NS. The maximum absolute atomic E-state index is 6.04. The lowest BCUT2D eigenvalue weighted by atomic mass is 10.1. The highest BCUT2D eigenvalue weighted by molar-refractivity contribution is 7.15. The van der Waals surface area contributed by atoms with Crippen molar-refractivity contribution >= 4 is 34.5 Å². The zero-order valence-electron chi connectivity index (χ0n) is 7.84. The Labute approximate surface area is 102 Å². The molecule has 1 aromatic heterocycles. The van der Waals surface area contributed by atoms with Crippen LogP contribution in [0, 0.1) is 0 Å². The average Bonchev–Trinajstić information content (AvgIpc) is 2.61. The van der Waals surface area contributed by atoms with E-state index in [1.165, 1.54) is 11.3 Å². The second-order valence-electron chi connectivity index (χ2n) is 3.11. The first-order chi connectivity index (χ1) is 7.22. The van der Waals surface area contributed by atoms with Crippen molar-refractivity contribution in [3.8, 4) is 11.1 Å². The van der Waals surface area contributed by atoms with Gasteiger partial charge in [-0.25, -0.2) is 0 Å². The van der Waals surface area contributed by atoms with Gasteiger partial charge in [-0.2, -0.15) is 0 Å².